The normalized spacial score (nSPS) is 16.4. The monoisotopic (exact) mass is 587 g/mol. The third kappa shape index (κ3) is 6.07. The van der Waals surface area contributed by atoms with Gasteiger partial charge in [0.05, 0.1) is 11.6 Å². The molecule has 7 nitrogen and oxygen atoms in total. The van der Waals surface area contributed by atoms with E-state index in [-0.39, 0.29) is 23.7 Å². The van der Waals surface area contributed by atoms with Gasteiger partial charge in [-0.2, -0.15) is 0 Å². The standard InChI is InChI=1S/C36H34FN5O2/c1-36(38,22-24-9-4-3-5-10-24)35-41-40-33(44-35)28-19-27(31-12-7-6-11-26(31)23-39-2)20-29(21-28)34(43)42-18-8-13-32(42)25-14-16-30(37)17-15-25/h3-7,9-12,14-17,19-21,23,32H,8,13,18,22,38H2,1-2H3. The van der Waals surface area contributed by atoms with Crippen LogP contribution < -0.4 is 5.73 Å². The zero-order valence-electron chi connectivity index (χ0n) is 24.8. The molecule has 222 valence electrons. The van der Waals surface area contributed by atoms with Crippen LogP contribution in [0.4, 0.5) is 4.39 Å². The average molecular weight is 588 g/mol. The molecular formula is C36H34FN5O2. The summed E-state index contributed by atoms with van der Waals surface area (Å²) in [6.07, 6.45) is 3.98. The first-order valence-electron chi connectivity index (χ1n) is 14.7. The maximum atomic E-state index is 14.2. The lowest BCUT2D eigenvalue weighted by Crippen LogP contribution is -2.35. The summed E-state index contributed by atoms with van der Waals surface area (Å²) in [7, 11) is 1.73. The molecule has 8 heteroatoms. The Kier molecular flexibility index (Phi) is 8.17. The Bertz CT molecular complexity index is 1800. The maximum absolute atomic E-state index is 14.2. The minimum Gasteiger partial charge on any atom is -0.419 e. The van der Waals surface area contributed by atoms with Gasteiger partial charge in [0.25, 0.3) is 5.91 Å². The predicted octanol–water partition coefficient (Wildman–Crippen LogP) is 6.99. The number of aromatic nitrogens is 2. The minimum absolute atomic E-state index is 0.117. The van der Waals surface area contributed by atoms with Crippen LogP contribution in [-0.2, 0) is 12.0 Å². The molecule has 1 fully saturated rings. The van der Waals surface area contributed by atoms with Crippen LogP contribution >= 0.6 is 0 Å². The summed E-state index contributed by atoms with van der Waals surface area (Å²) in [6, 6.07) is 29.7. The Morgan fingerprint density at radius 2 is 1.75 bits per heavy atom. The van der Waals surface area contributed by atoms with Crippen LogP contribution in [0.1, 0.15) is 58.7 Å². The Labute approximate surface area is 256 Å². The van der Waals surface area contributed by atoms with Crippen LogP contribution in [0.2, 0.25) is 0 Å². The van der Waals surface area contributed by atoms with Crippen molar-refractivity contribution in [2.45, 2.75) is 37.8 Å². The largest absolute Gasteiger partial charge is 0.419 e. The molecule has 1 aromatic heterocycles. The van der Waals surface area contributed by atoms with Gasteiger partial charge in [0, 0.05) is 36.5 Å². The molecule has 2 heterocycles. The Morgan fingerprint density at radius 1 is 1.02 bits per heavy atom. The van der Waals surface area contributed by atoms with Gasteiger partial charge in [-0.05, 0) is 78.8 Å². The Hall–Kier alpha value is -4.95. The summed E-state index contributed by atoms with van der Waals surface area (Å²) in [5.74, 6) is 0.171. The van der Waals surface area contributed by atoms with Gasteiger partial charge in [-0.3, -0.25) is 9.79 Å². The Morgan fingerprint density at radius 3 is 2.52 bits per heavy atom. The number of aliphatic imine (C=N–C) groups is 1. The number of nitrogens with zero attached hydrogens (tertiary/aromatic N) is 4. The highest BCUT2D eigenvalue weighted by Crippen LogP contribution is 2.36. The van der Waals surface area contributed by atoms with E-state index in [9.17, 15) is 9.18 Å². The number of hydrogen-bond acceptors (Lipinski definition) is 6. The molecule has 2 atom stereocenters. The number of nitrogens with two attached hydrogens (primary N) is 1. The van der Waals surface area contributed by atoms with E-state index in [2.05, 4.69) is 15.2 Å². The zero-order chi connectivity index (χ0) is 30.7. The average Bonchev–Trinajstić information content (AvgIpc) is 3.73. The van der Waals surface area contributed by atoms with Gasteiger partial charge in [0.1, 0.15) is 5.82 Å². The lowest BCUT2D eigenvalue weighted by atomic mass is 9.94. The second-order valence-electron chi connectivity index (χ2n) is 11.5. The van der Waals surface area contributed by atoms with E-state index < -0.39 is 5.54 Å². The molecule has 1 aliphatic rings. The van der Waals surface area contributed by atoms with Crippen LogP contribution in [-0.4, -0.2) is 40.8 Å². The number of likely N-dealkylation sites (tertiary alicyclic amines) is 1. The molecule has 1 saturated heterocycles. The van der Waals surface area contributed by atoms with E-state index in [0.29, 0.717) is 30.0 Å². The molecule has 5 aromatic rings. The van der Waals surface area contributed by atoms with Crippen molar-refractivity contribution in [1.82, 2.24) is 15.1 Å². The quantitative estimate of drug-likeness (QED) is 0.198. The number of carbonyl (C=O) groups excluding carboxylic acids is 1. The summed E-state index contributed by atoms with van der Waals surface area (Å²) in [6.45, 7) is 2.47. The minimum atomic E-state index is -0.898. The molecule has 0 radical (unpaired) electrons. The van der Waals surface area contributed by atoms with Crippen molar-refractivity contribution in [3.05, 3.63) is 131 Å². The van der Waals surface area contributed by atoms with Gasteiger partial charge in [-0.15, -0.1) is 10.2 Å². The van der Waals surface area contributed by atoms with Gasteiger partial charge in [-0.25, -0.2) is 4.39 Å². The molecule has 2 N–H and O–H groups in total. The molecule has 2 unspecified atom stereocenters. The molecule has 0 saturated carbocycles. The first-order chi connectivity index (χ1) is 21.3. The lowest BCUT2D eigenvalue weighted by molar-refractivity contribution is 0.0735. The van der Waals surface area contributed by atoms with Crippen molar-refractivity contribution < 1.29 is 13.6 Å². The second kappa shape index (κ2) is 12.3. The predicted molar refractivity (Wildman–Crippen MR) is 170 cm³/mol. The number of amides is 1. The molecule has 44 heavy (non-hydrogen) atoms. The highest BCUT2D eigenvalue weighted by molar-refractivity contribution is 5.99. The highest BCUT2D eigenvalue weighted by Gasteiger charge is 2.32. The molecule has 1 amide bonds. The summed E-state index contributed by atoms with van der Waals surface area (Å²) >= 11 is 0. The van der Waals surface area contributed by atoms with E-state index in [1.54, 1.807) is 31.5 Å². The zero-order valence-corrected chi connectivity index (χ0v) is 24.8. The Balaban J connectivity index is 1.40. The maximum Gasteiger partial charge on any atom is 0.254 e. The molecule has 0 aliphatic carbocycles. The van der Waals surface area contributed by atoms with E-state index in [1.807, 2.05) is 78.6 Å². The second-order valence-corrected chi connectivity index (χ2v) is 11.5. The number of carbonyl (C=O) groups is 1. The number of hydrogen-bond donors (Lipinski definition) is 1. The highest BCUT2D eigenvalue weighted by atomic mass is 19.1. The van der Waals surface area contributed by atoms with Crippen LogP contribution in [0.15, 0.2) is 106 Å². The molecule has 0 bridgehead atoms. The lowest BCUT2D eigenvalue weighted by Gasteiger charge is -2.25. The third-order valence-corrected chi connectivity index (χ3v) is 8.06. The van der Waals surface area contributed by atoms with Crippen LogP contribution in [0.5, 0.6) is 0 Å². The van der Waals surface area contributed by atoms with Gasteiger partial charge < -0.3 is 15.1 Å². The SMILES string of the molecule is CN=Cc1ccccc1-c1cc(C(=O)N2CCCC2c2ccc(F)cc2)cc(-c2nnc(C(C)(N)Cc3ccccc3)o2)c1. The summed E-state index contributed by atoms with van der Waals surface area (Å²) in [5, 5.41) is 8.71. The van der Waals surface area contributed by atoms with E-state index >= 15 is 0 Å². The summed E-state index contributed by atoms with van der Waals surface area (Å²) in [4.78, 5) is 20.3. The summed E-state index contributed by atoms with van der Waals surface area (Å²) in [5.41, 5.74) is 11.5. The van der Waals surface area contributed by atoms with Crippen LogP contribution in [0, 0.1) is 5.82 Å². The molecule has 4 aromatic carbocycles. The van der Waals surface area contributed by atoms with Crippen molar-refractivity contribution in [1.29, 1.82) is 0 Å². The fourth-order valence-corrected chi connectivity index (χ4v) is 5.91. The van der Waals surface area contributed by atoms with E-state index in [0.717, 1.165) is 40.7 Å². The topological polar surface area (TPSA) is 97.6 Å². The molecule has 0 spiro atoms. The van der Waals surface area contributed by atoms with Gasteiger partial charge in [0.2, 0.25) is 11.8 Å². The van der Waals surface area contributed by atoms with Crippen LogP contribution in [0.3, 0.4) is 0 Å². The van der Waals surface area contributed by atoms with Crippen LogP contribution in [0.25, 0.3) is 22.6 Å². The smallest absolute Gasteiger partial charge is 0.254 e. The van der Waals surface area contributed by atoms with Crippen molar-refractivity contribution in [3.8, 4) is 22.6 Å². The van der Waals surface area contributed by atoms with Gasteiger partial charge in [0.15, 0.2) is 0 Å². The summed E-state index contributed by atoms with van der Waals surface area (Å²) < 4.78 is 19.9. The van der Waals surface area contributed by atoms with E-state index in [4.69, 9.17) is 10.2 Å². The van der Waals surface area contributed by atoms with Crippen molar-refractivity contribution in [2.75, 3.05) is 13.6 Å². The van der Waals surface area contributed by atoms with Crippen molar-refractivity contribution in [2.24, 2.45) is 10.7 Å². The fourth-order valence-electron chi connectivity index (χ4n) is 5.91. The third-order valence-electron chi connectivity index (χ3n) is 8.06. The fraction of sp³-hybridized carbons (Fsp3) is 0.222. The first-order valence-corrected chi connectivity index (χ1v) is 14.7. The number of halogens is 1. The van der Waals surface area contributed by atoms with Crippen molar-refractivity contribution in [3.63, 3.8) is 0 Å². The molecule has 6 rings (SSSR count). The molecular weight excluding hydrogens is 553 g/mol. The first kappa shape index (κ1) is 29.1. The molecule has 1 aliphatic heterocycles. The number of benzene rings is 4. The van der Waals surface area contributed by atoms with Gasteiger partial charge >= 0.3 is 0 Å². The number of rotatable bonds is 8. The van der Waals surface area contributed by atoms with E-state index in [1.165, 1.54) is 12.1 Å². The van der Waals surface area contributed by atoms with Crippen molar-refractivity contribution >= 4 is 12.1 Å². The van der Waals surface area contributed by atoms with Gasteiger partial charge in [-0.1, -0.05) is 66.7 Å².